The van der Waals surface area contributed by atoms with Crippen molar-refractivity contribution in [2.75, 3.05) is 13.7 Å². The Kier molecular flexibility index (Phi) is 4.11. The molecule has 1 aliphatic rings. The summed E-state index contributed by atoms with van der Waals surface area (Å²) in [5.74, 6) is -0.681. The molecule has 1 aromatic rings. The van der Waals surface area contributed by atoms with Gasteiger partial charge in [0.15, 0.2) is 5.03 Å². The minimum Gasteiger partial charge on any atom is -0.468 e. The van der Waals surface area contributed by atoms with E-state index in [4.69, 9.17) is 0 Å². The van der Waals surface area contributed by atoms with Gasteiger partial charge in [-0.2, -0.15) is 4.31 Å². The number of ether oxygens (including phenoxy) is 1. The first kappa shape index (κ1) is 14.9. The van der Waals surface area contributed by atoms with E-state index in [1.165, 1.54) is 19.6 Å². The van der Waals surface area contributed by atoms with Gasteiger partial charge < -0.3 is 14.4 Å². The third-order valence-electron chi connectivity index (χ3n) is 3.25. The number of imidazole rings is 1. The molecule has 1 aliphatic heterocycles. The maximum atomic E-state index is 12.5. The van der Waals surface area contributed by atoms with Crippen molar-refractivity contribution in [2.24, 2.45) is 0 Å². The molecule has 0 spiro atoms. The fraction of sp³-hybridized carbons (Fsp3) is 0.636. The molecule has 1 N–H and O–H groups in total. The van der Waals surface area contributed by atoms with Crippen molar-refractivity contribution >= 4 is 16.0 Å². The van der Waals surface area contributed by atoms with E-state index >= 15 is 0 Å². The van der Waals surface area contributed by atoms with Crippen LogP contribution in [0.2, 0.25) is 0 Å². The van der Waals surface area contributed by atoms with Gasteiger partial charge in [0, 0.05) is 25.7 Å². The Bertz CT molecular complexity index is 597. The Hall–Kier alpha value is -1.45. The molecule has 0 aromatic carbocycles. The van der Waals surface area contributed by atoms with E-state index in [0.717, 1.165) is 4.31 Å². The van der Waals surface area contributed by atoms with Crippen molar-refractivity contribution in [1.82, 2.24) is 13.9 Å². The number of hydrogen-bond acceptors (Lipinski definition) is 6. The lowest BCUT2D eigenvalue weighted by Crippen LogP contribution is -2.41. The summed E-state index contributed by atoms with van der Waals surface area (Å²) in [5, 5.41) is 9.50. The number of nitrogens with zero attached hydrogens (tertiary/aromatic N) is 3. The molecule has 1 aromatic heterocycles. The van der Waals surface area contributed by atoms with Gasteiger partial charge in [0.25, 0.3) is 10.0 Å². The lowest BCUT2D eigenvalue weighted by molar-refractivity contribution is -0.144. The Labute approximate surface area is 117 Å². The number of rotatable bonds is 4. The molecule has 2 heterocycles. The number of β-amino-alcohol motifs (C(OH)–C–C–N with tert-alkyl or cyclic N) is 1. The first-order valence-corrected chi connectivity index (χ1v) is 7.63. The van der Waals surface area contributed by atoms with Crippen LogP contribution >= 0.6 is 0 Å². The second-order valence-corrected chi connectivity index (χ2v) is 6.38. The molecule has 8 nitrogen and oxygen atoms in total. The quantitative estimate of drug-likeness (QED) is 0.731. The van der Waals surface area contributed by atoms with E-state index < -0.39 is 28.1 Å². The zero-order chi connectivity index (χ0) is 14.9. The molecule has 0 bridgehead atoms. The van der Waals surface area contributed by atoms with Crippen molar-refractivity contribution in [3.05, 3.63) is 12.5 Å². The van der Waals surface area contributed by atoms with E-state index in [2.05, 4.69) is 9.72 Å². The standard InChI is InChI=1S/C11H17N3O5S/c1-3-13-6-10(12-7-13)20(17,18)14-5-8(15)4-9(14)11(16)19-2/h6-9,15H,3-5H2,1-2H3. The SMILES string of the molecule is CCn1cnc(S(=O)(=O)N2CC(O)CC2C(=O)OC)c1. The maximum Gasteiger partial charge on any atom is 0.324 e. The van der Waals surface area contributed by atoms with Crippen molar-refractivity contribution in [1.29, 1.82) is 0 Å². The topological polar surface area (TPSA) is 102 Å². The predicted octanol–water partition coefficient (Wildman–Crippen LogP) is -0.800. The summed E-state index contributed by atoms with van der Waals surface area (Å²) in [5.41, 5.74) is 0. The third-order valence-corrected chi connectivity index (χ3v) is 5.02. The lowest BCUT2D eigenvalue weighted by Gasteiger charge is -2.20. The van der Waals surface area contributed by atoms with E-state index in [1.807, 2.05) is 6.92 Å². The van der Waals surface area contributed by atoms with Gasteiger partial charge in [-0.15, -0.1) is 0 Å². The summed E-state index contributed by atoms with van der Waals surface area (Å²) in [4.78, 5) is 15.5. The summed E-state index contributed by atoms with van der Waals surface area (Å²) >= 11 is 0. The minimum atomic E-state index is -3.92. The Morgan fingerprint density at radius 1 is 1.60 bits per heavy atom. The highest BCUT2D eigenvalue weighted by molar-refractivity contribution is 7.89. The molecule has 2 atom stereocenters. The third kappa shape index (κ3) is 2.56. The average molecular weight is 303 g/mol. The summed E-state index contributed by atoms with van der Waals surface area (Å²) in [7, 11) is -2.74. The predicted molar refractivity (Wildman–Crippen MR) is 68.2 cm³/mol. The van der Waals surface area contributed by atoms with Gasteiger partial charge in [-0.05, 0) is 6.92 Å². The molecule has 0 aliphatic carbocycles. The van der Waals surface area contributed by atoms with E-state index in [0.29, 0.717) is 6.54 Å². The maximum absolute atomic E-state index is 12.5. The molecule has 2 rings (SSSR count). The normalized spacial score (nSPS) is 23.9. The van der Waals surface area contributed by atoms with Crippen molar-refractivity contribution < 1.29 is 23.1 Å². The summed E-state index contributed by atoms with van der Waals surface area (Å²) in [6.45, 7) is 2.31. The lowest BCUT2D eigenvalue weighted by atomic mass is 10.2. The van der Waals surface area contributed by atoms with Gasteiger partial charge in [-0.1, -0.05) is 0 Å². The van der Waals surface area contributed by atoms with Gasteiger partial charge >= 0.3 is 5.97 Å². The molecular weight excluding hydrogens is 286 g/mol. The highest BCUT2D eigenvalue weighted by Gasteiger charge is 2.44. The van der Waals surface area contributed by atoms with Crippen LogP contribution in [0.5, 0.6) is 0 Å². The van der Waals surface area contributed by atoms with Crippen molar-refractivity contribution in [3.63, 3.8) is 0 Å². The van der Waals surface area contributed by atoms with Crippen LogP contribution in [0.4, 0.5) is 0 Å². The van der Waals surface area contributed by atoms with Gasteiger partial charge in [0.05, 0.1) is 19.5 Å². The zero-order valence-corrected chi connectivity index (χ0v) is 12.1. The first-order valence-electron chi connectivity index (χ1n) is 6.19. The molecule has 0 saturated carbocycles. The molecular formula is C11H17N3O5S. The van der Waals surface area contributed by atoms with Gasteiger partial charge in [0.2, 0.25) is 0 Å². The summed E-state index contributed by atoms with van der Waals surface area (Å²) < 4.78 is 32.1. The zero-order valence-electron chi connectivity index (χ0n) is 11.3. The fourth-order valence-corrected chi connectivity index (χ4v) is 3.73. The molecule has 1 fully saturated rings. The van der Waals surface area contributed by atoms with Crippen molar-refractivity contribution in [2.45, 2.75) is 37.1 Å². The second-order valence-electron chi connectivity index (χ2n) is 4.55. The van der Waals surface area contributed by atoms with Gasteiger partial charge in [-0.25, -0.2) is 13.4 Å². The van der Waals surface area contributed by atoms with Crippen LogP contribution in [0, 0.1) is 0 Å². The Morgan fingerprint density at radius 2 is 2.30 bits per heavy atom. The van der Waals surface area contributed by atoms with Crippen LogP contribution in [0.3, 0.4) is 0 Å². The van der Waals surface area contributed by atoms with Gasteiger partial charge in [-0.3, -0.25) is 4.79 Å². The van der Waals surface area contributed by atoms with Crippen LogP contribution in [0.1, 0.15) is 13.3 Å². The second kappa shape index (κ2) is 5.51. The highest BCUT2D eigenvalue weighted by Crippen LogP contribution is 2.26. The average Bonchev–Trinajstić information content (AvgIpc) is 3.04. The van der Waals surface area contributed by atoms with E-state index in [-0.39, 0.29) is 18.0 Å². The number of aryl methyl sites for hydroxylation is 1. The number of methoxy groups -OCH3 is 1. The number of hydrogen-bond donors (Lipinski definition) is 1. The first-order chi connectivity index (χ1) is 9.40. The number of aromatic nitrogens is 2. The summed E-state index contributed by atoms with van der Waals surface area (Å²) in [6, 6.07) is -1.01. The van der Waals surface area contributed by atoms with Crippen molar-refractivity contribution in [3.8, 4) is 0 Å². The number of aliphatic hydroxyl groups is 1. The number of carbonyl (C=O) groups excluding carboxylic acids is 1. The molecule has 2 unspecified atom stereocenters. The largest absolute Gasteiger partial charge is 0.468 e. The number of aliphatic hydroxyl groups excluding tert-OH is 1. The number of esters is 1. The summed E-state index contributed by atoms with van der Waals surface area (Å²) in [6.07, 6.45) is 1.95. The van der Waals surface area contributed by atoms with E-state index in [9.17, 15) is 18.3 Å². The van der Waals surface area contributed by atoms with Crippen LogP contribution in [0.25, 0.3) is 0 Å². The monoisotopic (exact) mass is 303 g/mol. The van der Waals surface area contributed by atoms with Crippen LogP contribution in [-0.4, -0.2) is 59.2 Å². The van der Waals surface area contributed by atoms with E-state index in [1.54, 1.807) is 4.57 Å². The molecule has 112 valence electrons. The van der Waals surface area contributed by atoms with Crippen LogP contribution in [-0.2, 0) is 26.1 Å². The molecule has 9 heteroatoms. The smallest absolute Gasteiger partial charge is 0.324 e. The molecule has 0 radical (unpaired) electrons. The van der Waals surface area contributed by atoms with Gasteiger partial charge in [0.1, 0.15) is 6.04 Å². The Morgan fingerprint density at radius 3 is 2.85 bits per heavy atom. The minimum absolute atomic E-state index is 0.0282. The van der Waals surface area contributed by atoms with Crippen LogP contribution < -0.4 is 0 Å². The number of carbonyl (C=O) groups is 1. The molecule has 0 amide bonds. The Balaban J connectivity index is 2.34. The number of sulfonamides is 1. The van der Waals surface area contributed by atoms with Crippen LogP contribution in [0.15, 0.2) is 17.6 Å². The molecule has 20 heavy (non-hydrogen) atoms. The highest BCUT2D eigenvalue weighted by atomic mass is 32.2. The fourth-order valence-electron chi connectivity index (χ4n) is 2.17. The molecule has 1 saturated heterocycles.